The molecule has 13 heavy (non-hydrogen) atoms. The molecule has 0 radical (unpaired) electrons. The number of nitrogens with zero attached hydrogens (tertiary/aromatic N) is 2. The summed E-state index contributed by atoms with van der Waals surface area (Å²) in [5.41, 5.74) is 2.44. The fourth-order valence-electron chi connectivity index (χ4n) is 1.22. The lowest BCUT2D eigenvalue weighted by atomic mass is 10.2. The highest BCUT2D eigenvalue weighted by molar-refractivity contribution is 5.13. The minimum Gasteiger partial charge on any atom is -0.312 e. The fraction of sp³-hybridized carbons (Fsp3) is 0.700. The highest BCUT2D eigenvalue weighted by Crippen LogP contribution is 2.13. The van der Waals surface area contributed by atoms with Crippen LogP contribution in [0, 0.1) is 13.8 Å². The fourth-order valence-corrected chi connectivity index (χ4v) is 1.22. The van der Waals surface area contributed by atoms with E-state index in [0.29, 0.717) is 6.04 Å². The first-order valence-corrected chi connectivity index (χ1v) is 5.00. The molecule has 1 fully saturated rings. The van der Waals surface area contributed by atoms with Crippen LogP contribution in [0.15, 0.2) is 6.20 Å². The Labute approximate surface area is 80.1 Å². The second-order valence-electron chi connectivity index (χ2n) is 3.19. The van der Waals surface area contributed by atoms with E-state index in [4.69, 9.17) is 0 Å². The molecule has 0 atom stereocenters. The molecule has 1 N–H and O–H groups in total. The van der Waals surface area contributed by atoms with Gasteiger partial charge in [-0.25, -0.2) is 0 Å². The SMILES string of the molecule is CC.Cc1cn(C2CNC2)nc1C. The molecule has 2 rings (SSSR count). The monoisotopic (exact) mass is 181 g/mol. The first-order chi connectivity index (χ1) is 6.27. The van der Waals surface area contributed by atoms with Crippen molar-refractivity contribution in [3.05, 3.63) is 17.5 Å². The number of aryl methyl sites for hydroxylation is 2. The number of aromatic nitrogens is 2. The summed E-state index contributed by atoms with van der Waals surface area (Å²) in [7, 11) is 0. The first kappa shape index (κ1) is 10.3. The number of hydrogen-bond donors (Lipinski definition) is 1. The van der Waals surface area contributed by atoms with Gasteiger partial charge in [-0.3, -0.25) is 4.68 Å². The third kappa shape index (κ3) is 2.10. The number of rotatable bonds is 1. The third-order valence-electron chi connectivity index (χ3n) is 2.30. The summed E-state index contributed by atoms with van der Waals surface area (Å²) in [6.07, 6.45) is 2.13. The van der Waals surface area contributed by atoms with Gasteiger partial charge in [-0.05, 0) is 19.4 Å². The summed E-state index contributed by atoms with van der Waals surface area (Å²) < 4.78 is 2.07. The van der Waals surface area contributed by atoms with Crippen LogP contribution in [-0.4, -0.2) is 22.9 Å². The van der Waals surface area contributed by atoms with Gasteiger partial charge in [-0.1, -0.05) is 13.8 Å². The smallest absolute Gasteiger partial charge is 0.0767 e. The van der Waals surface area contributed by atoms with Crippen LogP contribution in [0.1, 0.15) is 31.1 Å². The van der Waals surface area contributed by atoms with Gasteiger partial charge >= 0.3 is 0 Å². The van der Waals surface area contributed by atoms with Gasteiger partial charge in [0, 0.05) is 19.3 Å². The molecular formula is C10H19N3. The van der Waals surface area contributed by atoms with Crippen LogP contribution in [0.25, 0.3) is 0 Å². The van der Waals surface area contributed by atoms with E-state index in [1.807, 2.05) is 13.8 Å². The zero-order chi connectivity index (χ0) is 9.84. The van der Waals surface area contributed by atoms with Gasteiger partial charge in [-0.15, -0.1) is 0 Å². The summed E-state index contributed by atoms with van der Waals surface area (Å²) >= 11 is 0. The molecule has 0 aromatic carbocycles. The molecule has 3 nitrogen and oxygen atoms in total. The molecule has 2 heterocycles. The maximum atomic E-state index is 4.41. The predicted molar refractivity (Wildman–Crippen MR) is 55.0 cm³/mol. The van der Waals surface area contributed by atoms with Crippen molar-refractivity contribution in [3.8, 4) is 0 Å². The third-order valence-corrected chi connectivity index (χ3v) is 2.30. The van der Waals surface area contributed by atoms with Gasteiger partial charge < -0.3 is 5.32 Å². The highest BCUT2D eigenvalue weighted by Gasteiger charge is 2.19. The summed E-state index contributed by atoms with van der Waals surface area (Å²) in [4.78, 5) is 0. The minimum atomic E-state index is 0.599. The van der Waals surface area contributed by atoms with Crippen molar-refractivity contribution in [1.82, 2.24) is 15.1 Å². The number of hydrogen-bond acceptors (Lipinski definition) is 2. The summed E-state index contributed by atoms with van der Waals surface area (Å²) in [5.74, 6) is 0. The van der Waals surface area contributed by atoms with Crippen molar-refractivity contribution < 1.29 is 0 Å². The normalized spacial score (nSPS) is 16.0. The Morgan fingerprint density at radius 3 is 2.31 bits per heavy atom. The highest BCUT2D eigenvalue weighted by atomic mass is 15.3. The molecule has 0 spiro atoms. The van der Waals surface area contributed by atoms with Crippen LogP contribution in [0.2, 0.25) is 0 Å². The standard InChI is InChI=1S/C8H13N3.C2H6/c1-6-5-11(10-7(6)2)8-3-9-4-8;1-2/h5,8-9H,3-4H2,1-2H3;1-2H3. The Kier molecular flexibility index (Phi) is 3.48. The molecule has 1 aliphatic rings. The Balaban J connectivity index is 0.000000396. The van der Waals surface area contributed by atoms with Gasteiger partial charge in [0.2, 0.25) is 0 Å². The molecular weight excluding hydrogens is 162 g/mol. The van der Waals surface area contributed by atoms with E-state index in [2.05, 4.69) is 35.1 Å². The molecule has 1 saturated heterocycles. The van der Waals surface area contributed by atoms with Crippen molar-refractivity contribution in [2.45, 2.75) is 33.7 Å². The van der Waals surface area contributed by atoms with Crippen LogP contribution in [0.5, 0.6) is 0 Å². The maximum Gasteiger partial charge on any atom is 0.0767 e. The Hall–Kier alpha value is -0.830. The van der Waals surface area contributed by atoms with Crippen molar-refractivity contribution in [2.24, 2.45) is 0 Å². The van der Waals surface area contributed by atoms with Crippen LogP contribution in [0.3, 0.4) is 0 Å². The van der Waals surface area contributed by atoms with Crippen molar-refractivity contribution in [3.63, 3.8) is 0 Å². The van der Waals surface area contributed by atoms with E-state index in [0.717, 1.165) is 18.8 Å². The van der Waals surface area contributed by atoms with E-state index in [9.17, 15) is 0 Å². The predicted octanol–water partition coefficient (Wildman–Crippen LogP) is 1.67. The van der Waals surface area contributed by atoms with E-state index in [1.165, 1.54) is 5.56 Å². The largest absolute Gasteiger partial charge is 0.312 e. The molecule has 0 aliphatic carbocycles. The van der Waals surface area contributed by atoms with Crippen molar-refractivity contribution >= 4 is 0 Å². The first-order valence-electron chi connectivity index (χ1n) is 5.00. The van der Waals surface area contributed by atoms with Crippen LogP contribution >= 0.6 is 0 Å². The lowest BCUT2D eigenvalue weighted by Gasteiger charge is -2.27. The van der Waals surface area contributed by atoms with Crippen molar-refractivity contribution in [2.75, 3.05) is 13.1 Å². The second kappa shape index (κ2) is 4.42. The van der Waals surface area contributed by atoms with Gasteiger partial charge in [0.1, 0.15) is 0 Å². The van der Waals surface area contributed by atoms with E-state index in [1.54, 1.807) is 0 Å². The van der Waals surface area contributed by atoms with Crippen LogP contribution in [-0.2, 0) is 0 Å². The lowest BCUT2D eigenvalue weighted by Crippen LogP contribution is -2.43. The quantitative estimate of drug-likeness (QED) is 0.714. The van der Waals surface area contributed by atoms with Gasteiger partial charge in [0.15, 0.2) is 0 Å². The average Bonchev–Trinajstić information content (AvgIpc) is 2.32. The van der Waals surface area contributed by atoms with Crippen LogP contribution in [0.4, 0.5) is 0 Å². The number of nitrogens with one attached hydrogen (secondary N) is 1. The van der Waals surface area contributed by atoms with Crippen molar-refractivity contribution in [1.29, 1.82) is 0 Å². The topological polar surface area (TPSA) is 29.9 Å². The maximum absolute atomic E-state index is 4.41. The zero-order valence-electron chi connectivity index (χ0n) is 8.96. The van der Waals surface area contributed by atoms with Gasteiger partial charge in [-0.2, -0.15) is 5.10 Å². The molecule has 1 aromatic rings. The van der Waals surface area contributed by atoms with Gasteiger partial charge in [0.05, 0.1) is 11.7 Å². The van der Waals surface area contributed by atoms with Crippen LogP contribution < -0.4 is 5.32 Å². The molecule has 0 amide bonds. The second-order valence-corrected chi connectivity index (χ2v) is 3.19. The minimum absolute atomic E-state index is 0.599. The molecule has 3 heteroatoms. The molecule has 1 aromatic heterocycles. The Morgan fingerprint density at radius 1 is 1.38 bits per heavy atom. The molecule has 0 unspecified atom stereocenters. The summed E-state index contributed by atoms with van der Waals surface area (Å²) in [5, 5.41) is 7.64. The van der Waals surface area contributed by atoms with E-state index >= 15 is 0 Å². The van der Waals surface area contributed by atoms with Gasteiger partial charge in [0.25, 0.3) is 0 Å². The zero-order valence-corrected chi connectivity index (χ0v) is 8.96. The summed E-state index contributed by atoms with van der Waals surface area (Å²) in [6, 6.07) is 0.599. The average molecular weight is 181 g/mol. The Bertz CT molecular complexity index is 242. The van der Waals surface area contributed by atoms with E-state index in [-0.39, 0.29) is 0 Å². The Morgan fingerprint density at radius 2 is 2.00 bits per heavy atom. The lowest BCUT2D eigenvalue weighted by molar-refractivity contribution is 0.317. The molecule has 74 valence electrons. The molecule has 1 aliphatic heterocycles. The summed E-state index contributed by atoms with van der Waals surface area (Å²) in [6.45, 7) is 10.3. The molecule has 0 bridgehead atoms. The van der Waals surface area contributed by atoms with E-state index < -0.39 is 0 Å². The molecule has 0 saturated carbocycles.